The standard InChI is InChI=1S/C11H12Cl2NO4P/c1-16-11(9-6-4-3-5-7-9)14-19(15,17-2)18-8-10(12)13/h3-8H,1-2H3/b14-11-. The summed E-state index contributed by atoms with van der Waals surface area (Å²) in [4.78, 5) is 0. The molecular weight excluding hydrogens is 312 g/mol. The Morgan fingerprint density at radius 3 is 2.37 bits per heavy atom. The van der Waals surface area contributed by atoms with E-state index >= 15 is 0 Å². The van der Waals surface area contributed by atoms with Crippen LogP contribution in [0.3, 0.4) is 0 Å². The molecule has 0 spiro atoms. The van der Waals surface area contributed by atoms with Crippen LogP contribution >= 0.6 is 30.9 Å². The molecule has 0 amide bonds. The van der Waals surface area contributed by atoms with Gasteiger partial charge >= 0.3 is 7.75 Å². The van der Waals surface area contributed by atoms with Gasteiger partial charge in [-0.15, -0.1) is 4.76 Å². The van der Waals surface area contributed by atoms with Crippen LogP contribution in [0.5, 0.6) is 0 Å². The Morgan fingerprint density at radius 2 is 1.89 bits per heavy atom. The molecule has 0 aliphatic carbocycles. The predicted octanol–water partition coefficient (Wildman–Crippen LogP) is 4.13. The molecule has 1 atom stereocenters. The van der Waals surface area contributed by atoms with Crippen LogP contribution in [-0.4, -0.2) is 20.1 Å². The van der Waals surface area contributed by atoms with Crippen LogP contribution < -0.4 is 0 Å². The van der Waals surface area contributed by atoms with Crippen molar-refractivity contribution >= 4 is 36.8 Å². The van der Waals surface area contributed by atoms with Crippen molar-refractivity contribution in [2.75, 3.05) is 14.2 Å². The fourth-order valence-corrected chi connectivity index (χ4v) is 2.21. The number of methoxy groups -OCH3 is 1. The summed E-state index contributed by atoms with van der Waals surface area (Å²) in [5.41, 5.74) is 0.631. The highest BCUT2D eigenvalue weighted by atomic mass is 35.5. The van der Waals surface area contributed by atoms with Gasteiger partial charge in [-0.3, -0.25) is 4.52 Å². The Bertz CT molecular complexity index is 515. The second-order valence-corrected chi connectivity index (χ2v) is 5.86. The molecule has 1 rings (SSSR count). The minimum atomic E-state index is -3.77. The van der Waals surface area contributed by atoms with Crippen molar-refractivity contribution in [1.82, 2.24) is 0 Å². The maximum atomic E-state index is 12.2. The zero-order chi connectivity index (χ0) is 14.3. The van der Waals surface area contributed by atoms with E-state index in [1.165, 1.54) is 14.2 Å². The first kappa shape index (κ1) is 16.1. The summed E-state index contributed by atoms with van der Waals surface area (Å²) < 4.78 is 30.4. The summed E-state index contributed by atoms with van der Waals surface area (Å²) in [5, 5.41) is 0. The number of hydrogen-bond donors (Lipinski definition) is 0. The number of hydrogen-bond acceptors (Lipinski definition) is 4. The Hall–Kier alpha value is -1.00. The number of nitrogens with zero attached hydrogens (tertiary/aromatic N) is 1. The molecule has 0 heterocycles. The molecule has 1 aromatic rings. The van der Waals surface area contributed by atoms with E-state index in [0.717, 1.165) is 6.26 Å². The molecule has 0 bridgehead atoms. The molecule has 0 saturated carbocycles. The molecule has 8 heteroatoms. The summed E-state index contributed by atoms with van der Waals surface area (Å²) >= 11 is 10.7. The molecule has 0 saturated heterocycles. The van der Waals surface area contributed by atoms with E-state index in [2.05, 4.69) is 4.76 Å². The third-order valence-electron chi connectivity index (χ3n) is 1.93. The summed E-state index contributed by atoms with van der Waals surface area (Å²) in [6.45, 7) is 0. The number of benzene rings is 1. The monoisotopic (exact) mass is 323 g/mol. The third-order valence-corrected chi connectivity index (χ3v) is 3.37. The first-order chi connectivity index (χ1) is 9.00. The molecule has 0 radical (unpaired) electrons. The summed E-state index contributed by atoms with van der Waals surface area (Å²) in [5.74, 6) is 0.116. The predicted molar refractivity (Wildman–Crippen MR) is 75.5 cm³/mol. The lowest BCUT2D eigenvalue weighted by molar-refractivity contribution is 0.298. The Kier molecular flexibility index (Phi) is 6.38. The maximum Gasteiger partial charge on any atom is 0.510 e. The lowest BCUT2D eigenvalue weighted by atomic mass is 10.2. The first-order valence-corrected chi connectivity index (χ1v) is 7.31. The van der Waals surface area contributed by atoms with Gasteiger partial charge in [0.15, 0.2) is 0 Å². The van der Waals surface area contributed by atoms with Gasteiger partial charge in [0.2, 0.25) is 5.90 Å². The largest absolute Gasteiger partial charge is 0.510 e. The fourth-order valence-electron chi connectivity index (χ4n) is 1.12. The van der Waals surface area contributed by atoms with Crippen molar-refractivity contribution in [1.29, 1.82) is 0 Å². The number of ether oxygens (including phenoxy) is 1. The van der Waals surface area contributed by atoms with Gasteiger partial charge in [-0.1, -0.05) is 41.4 Å². The van der Waals surface area contributed by atoms with Crippen molar-refractivity contribution in [3.05, 3.63) is 46.6 Å². The molecule has 5 nitrogen and oxygen atoms in total. The zero-order valence-electron chi connectivity index (χ0n) is 10.2. The molecule has 0 aliphatic rings. The molecule has 0 N–H and O–H groups in total. The van der Waals surface area contributed by atoms with Crippen LogP contribution in [0.2, 0.25) is 0 Å². The molecular formula is C11H12Cl2NO4P. The number of rotatable bonds is 5. The highest BCUT2D eigenvalue weighted by Gasteiger charge is 2.24. The maximum absolute atomic E-state index is 12.2. The van der Waals surface area contributed by atoms with E-state index in [4.69, 9.17) is 37.0 Å². The van der Waals surface area contributed by atoms with Gasteiger partial charge in [0, 0.05) is 12.7 Å². The van der Waals surface area contributed by atoms with E-state index in [-0.39, 0.29) is 10.4 Å². The normalized spacial score (nSPS) is 14.4. The topological polar surface area (TPSA) is 57.1 Å². The molecule has 0 fully saturated rings. The Balaban J connectivity index is 3.07. The molecule has 1 aromatic carbocycles. The average Bonchev–Trinajstić information content (AvgIpc) is 2.43. The van der Waals surface area contributed by atoms with Gasteiger partial charge in [-0.05, 0) is 12.1 Å². The minimum absolute atomic E-state index is 0.116. The smallest absolute Gasteiger partial charge is 0.480 e. The van der Waals surface area contributed by atoms with E-state index in [0.29, 0.717) is 5.56 Å². The van der Waals surface area contributed by atoms with Gasteiger partial charge in [0.05, 0.1) is 7.11 Å². The highest BCUT2D eigenvalue weighted by molar-refractivity contribution is 7.52. The van der Waals surface area contributed by atoms with Crippen molar-refractivity contribution in [3.8, 4) is 0 Å². The number of halogens is 2. The van der Waals surface area contributed by atoms with Gasteiger partial charge in [-0.2, -0.15) is 0 Å². The second kappa shape index (κ2) is 7.56. The van der Waals surface area contributed by atoms with Crippen LogP contribution in [0, 0.1) is 0 Å². The van der Waals surface area contributed by atoms with E-state index in [1.54, 1.807) is 24.3 Å². The van der Waals surface area contributed by atoms with Gasteiger partial charge < -0.3 is 9.26 Å². The zero-order valence-corrected chi connectivity index (χ0v) is 12.7. The van der Waals surface area contributed by atoms with E-state index < -0.39 is 7.75 Å². The van der Waals surface area contributed by atoms with E-state index in [9.17, 15) is 4.57 Å². The van der Waals surface area contributed by atoms with Crippen LogP contribution in [0.25, 0.3) is 0 Å². The average molecular weight is 324 g/mol. The quantitative estimate of drug-likeness (QED) is 0.354. The van der Waals surface area contributed by atoms with Crippen molar-refractivity contribution < 1.29 is 18.3 Å². The summed E-state index contributed by atoms with van der Waals surface area (Å²) in [6.07, 6.45) is 0.884. The molecule has 104 valence electrons. The van der Waals surface area contributed by atoms with Crippen LogP contribution in [0.1, 0.15) is 5.56 Å². The second-order valence-electron chi connectivity index (χ2n) is 3.14. The van der Waals surface area contributed by atoms with Gasteiger partial charge in [0.1, 0.15) is 10.8 Å². The fraction of sp³-hybridized carbons (Fsp3) is 0.182. The van der Waals surface area contributed by atoms with E-state index in [1.807, 2.05) is 6.07 Å². The van der Waals surface area contributed by atoms with Crippen LogP contribution in [0.4, 0.5) is 0 Å². The summed E-state index contributed by atoms with van der Waals surface area (Å²) in [7, 11) is -1.18. The third kappa shape index (κ3) is 5.25. The Labute approximate surface area is 121 Å². The lowest BCUT2D eigenvalue weighted by Crippen LogP contribution is -2.04. The molecule has 1 unspecified atom stereocenters. The van der Waals surface area contributed by atoms with Crippen molar-refractivity contribution in [2.45, 2.75) is 0 Å². The van der Waals surface area contributed by atoms with Gasteiger partial charge in [0.25, 0.3) is 0 Å². The van der Waals surface area contributed by atoms with Gasteiger partial charge in [-0.25, -0.2) is 4.57 Å². The van der Waals surface area contributed by atoms with Crippen molar-refractivity contribution in [2.24, 2.45) is 4.76 Å². The Morgan fingerprint density at radius 1 is 1.26 bits per heavy atom. The molecule has 19 heavy (non-hydrogen) atoms. The van der Waals surface area contributed by atoms with Crippen LogP contribution in [-0.2, 0) is 18.3 Å². The molecule has 0 aliphatic heterocycles. The van der Waals surface area contributed by atoms with Crippen molar-refractivity contribution in [3.63, 3.8) is 0 Å². The first-order valence-electron chi connectivity index (χ1n) is 5.05. The lowest BCUT2D eigenvalue weighted by Gasteiger charge is -2.11. The highest BCUT2D eigenvalue weighted by Crippen LogP contribution is 2.50. The molecule has 0 aromatic heterocycles. The SMILES string of the molecule is CO/C(=N\P(=O)(OC)OC=C(Cl)Cl)c1ccccc1. The summed E-state index contributed by atoms with van der Waals surface area (Å²) in [6, 6.07) is 8.90. The van der Waals surface area contributed by atoms with Crippen LogP contribution in [0.15, 0.2) is 45.8 Å². The minimum Gasteiger partial charge on any atom is -0.480 e.